The summed E-state index contributed by atoms with van der Waals surface area (Å²) in [5.74, 6) is 0.567. The molecule has 0 radical (unpaired) electrons. The number of urea groups is 1. The van der Waals surface area contributed by atoms with Gasteiger partial charge < -0.3 is 20.3 Å². The number of piperazine rings is 1. The number of carbonyl (C=O) groups is 1. The highest BCUT2D eigenvalue weighted by molar-refractivity contribution is 6.31. The van der Waals surface area contributed by atoms with Gasteiger partial charge in [-0.2, -0.15) is 0 Å². The summed E-state index contributed by atoms with van der Waals surface area (Å²) in [6, 6.07) is 12.8. The first kappa shape index (κ1) is 20.6. The molecule has 1 fully saturated rings. The topological polar surface area (TPSA) is 56.8 Å². The van der Waals surface area contributed by atoms with Gasteiger partial charge in [-0.25, -0.2) is 4.79 Å². The summed E-state index contributed by atoms with van der Waals surface area (Å²) in [6.07, 6.45) is 0. The molecular formula is C20H24Cl2N4O2. The van der Waals surface area contributed by atoms with E-state index in [0.717, 1.165) is 37.7 Å². The Balaban J connectivity index is 1.39. The van der Waals surface area contributed by atoms with Crippen molar-refractivity contribution in [3.05, 3.63) is 52.5 Å². The van der Waals surface area contributed by atoms with E-state index in [2.05, 4.69) is 20.4 Å². The molecule has 2 N–H and O–H groups in total. The number of methoxy groups -OCH3 is 1. The molecule has 2 amide bonds. The van der Waals surface area contributed by atoms with Gasteiger partial charge in [0.15, 0.2) is 0 Å². The molecular weight excluding hydrogens is 399 g/mol. The molecule has 1 aliphatic heterocycles. The van der Waals surface area contributed by atoms with Crippen LogP contribution in [0.4, 0.5) is 16.2 Å². The van der Waals surface area contributed by atoms with Crippen LogP contribution in [-0.4, -0.2) is 57.3 Å². The third-order valence-electron chi connectivity index (χ3n) is 4.69. The molecule has 0 saturated carbocycles. The van der Waals surface area contributed by atoms with Crippen LogP contribution >= 0.6 is 23.2 Å². The maximum atomic E-state index is 12.1. The lowest BCUT2D eigenvalue weighted by atomic mass is 10.2. The summed E-state index contributed by atoms with van der Waals surface area (Å²) in [7, 11) is 1.55. The van der Waals surface area contributed by atoms with E-state index in [9.17, 15) is 4.79 Å². The van der Waals surface area contributed by atoms with Crippen LogP contribution in [0.5, 0.6) is 5.75 Å². The van der Waals surface area contributed by atoms with Gasteiger partial charge in [0.2, 0.25) is 0 Å². The van der Waals surface area contributed by atoms with Crippen LogP contribution in [0.25, 0.3) is 0 Å². The second kappa shape index (κ2) is 9.87. The Morgan fingerprint density at radius 2 is 1.71 bits per heavy atom. The van der Waals surface area contributed by atoms with Crippen molar-refractivity contribution in [2.75, 3.05) is 56.6 Å². The van der Waals surface area contributed by atoms with E-state index in [1.165, 1.54) is 5.69 Å². The van der Waals surface area contributed by atoms with E-state index >= 15 is 0 Å². The number of hydrogen-bond acceptors (Lipinski definition) is 4. The number of nitrogens with one attached hydrogen (secondary N) is 2. The molecule has 1 saturated heterocycles. The third kappa shape index (κ3) is 5.67. The molecule has 0 aromatic heterocycles. The van der Waals surface area contributed by atoms with Crippen LogP contribution in [0.1, 0.15) is 0 Å². The summed E-state index contributed by atoms with van der Waals surface area (Å²) < 4.78 is 5.23. The molecule has 0 bridgehead atoms. The summed E-state index contributed by atoms with van der Waals surface area (Å²) in [6.45, 7) is 5.17. The number of rotatable bonds is 6. The molecule has 8 heteroatoms. The number of hydrogen-bond donors (Lipinski definition) is 2. The van der Waals surface area contributed by atoms with Gasteiger partial charge in [0.1, 0.15) is 5.75 Å². The predicted octanol–water partition coefficient (Wildman–Crippen LogP) is 3.95. The minimum Gasteiger partial charge on any atom is -0.495 e. The smallest absolute Gasteiger partial charge is 0.319 e. The molecule has 0 unspecified atom stereocenters. The van der Waals surface area contributed by atoms with Crippen LogP contribution in [-0.2, 0) is 0 Å². The zero-order chi connectivity index (χ0) is 19.9. The van der Waals surface area contributed by atoms with Gasteiger partial charge in [0.25, 0.3) is 0 Å². The Bertz CT molecular complexity index is 793. The number of nitrogens with zero attached hydrogens (tertiary/aromatic N) is 2. The van der Waals surface area contributed by atoms with E-state index in [4.69, 9.17) is 27.9 Å². The second-order valence-electron chi connectivity index (χ2n) is 6.53. The molecule has 2 aromatic carbocycles. The van der Waals surface area contributed by atoms with Crippen molar-refractivity contribution in [3.8, 4) is 5.75 Å². The van der Waals surface area contributed by atoms with E-state index in [1.807, 2.05) is 24.3 Å². The molecule has 6 nitrogen and oxygen atoms in total. The Morgan fingerprint density at radius 1 is 1.04 bits per heavy atom. The highest BCUT2D eigenvalue weighted by Crippen LogP contribution is 2.27. The van der Waals surface area contributed by atoms with Gasteiger partial charge >= 0.3 is 6.03 Å². The fraction of sp³-hybridized carbons (Fsp3) is 0.350. The molecule has 28 heavy (non-hydrogen) atoms. The van der Waals surface area contributed by atoms with Crippen molar-refractivity contribution >= 4 is 40.6 Å². The van der Waals surface area contributed by atoms with Crippen molar-refractivity contribution in [3.63, 3.8) is 0 Å². The van der Waals surface area contributed by atoms with E-state index in [0.29, 0.717) is 23.0 Å². The normalized spacial score (nSPS) is 14.6. The first-order valence-electron chi connectivity index (χ1n) is 9.16. The van der Waals surface area contributed by atoms with Gasteiger partial charge in [0, 0.05) is 55.0 Å². The minimum absolute atomic E-state index is 0.277. The van der Waals surface area contributed by atoms with Crippen LogP contribution in [0.15, 0.2) is 42.5 Å². The SMILES string of the molecule is COc1ccc(Cl)cc1NC(=O)NCCN1CCN(c2ccc(Cl)cc2)CC1. The first-order chi connectivity index (χ1) is 13.5. The summed E-state index contributed by atoms with van der Waals surface area (Å²) in [5.41, 5.74) is 1.74. The number of carbonyl (C=O) groups excluding carboxylic acids is 1. The average Bonchev–Trinajstić information content (AvgIpc) is 2.69. The fourth-order valence-electron chi connectivity index (χ4n) is 3.15. The molecule has 0 aliphatic carbocycles. The zero-order valence-electron chi connectivity index (χ0n) is 15.8. The van der Waals surface area contributed by atoms with Crippen molar-refractivity contribution in [2.24, 2.45) is 0 Å². The zero-order valence-corrected chi connectivity index (χ0v) is 17.3. The van der Waals surface area contributed by atoms with Gasteiger partial charge in [-0.3, -0.25) is 4.90 Å². The number of anilines is 2. The Kier molecular flexibility index (Phi) is 7.25. The lowest BCUT2D eigenvalue weighted by molar-refractivity contribution is 0.240. The number of ether oxygens (including phenoxy) is 1. The van der Waals surface area contributed by atoms with Crippen molar-refractivity contribution < 1.29 is 9.53 Å². The second-order valence-corrected chi connectivity index (χ2v) is 7.40. The van der Waals surface area contributed by atoms with E-state index in [-0.39, 0.29) is 6.03 Å². The lowest BCUT2D eigenvalue weighted by Gasteiger charge is -2.36. The van der Waals surface area contributed by atoms with Crippen LogP contribution in [0.2, 0.25) is 10.0 Å². The minimum atomic E-state index is -0.277. The van der Waals surface area contributed by atoms with E-state index in [1.54, 1.807) is 25.3 Å². The first-order valence-corrected chi connectivity index (χ1v) is 9.92. The van der Waals surface area contributed by atoms with Crippen molar-refractivity contribution in [1.82, 2.24) is 10.2 Å². The Hall–Kier alpha value is -2.15. The summed E-state index contributed by atoms with van der Waals surface area (Å²) >= 11 is 11.9. The third-order valence-corrected chi connectivity index (χ3v) is 5.17. The van der Waals surface area contributed by atoms with Crippen LogP contribution < -0.4 is 20.3 Å². The van der Waals surface area contributed by atoms with E-state index < -0.39 is 0 Å². The molecule has 2 aromatic rings. The largest absolute Gasteiger partial charge is 0.495 e. The van der Waals surface area contributed by atoms with Gasteiger partial charge in [0.05, 0.1) is 12.8 Å². The number of benzene rings is 2. The Morgan fingerprint density at radius 3 is 2.39 bits per heavy atom. The highest BCUT2D eigenvalue weighted by atomic mass is 35.5. The monoisotopic (exact) mass is 422 g/mol. The van der Waals surface area contributed by atoms with Gasteiger partial charge in [-0.05, 0) is 42.5 Å². The summed E-state index contributed by atoms with van der Waals surface area (Å²) in [5, 5.41) is 6.94. The van der Waals surface area contributed by atoms with Crippen molar-refractivity contribution in [2.45, 2.75) is 0 Å². The van der Waals surface area contributed by atoms with Gasteiger partial charge in [-0.15, -0.1) is 0 Å². The standard InChI is InChI=1S/C20H24Cl2N4O2/c1-28-19-7-4-16(22)14-18(19)24-20(27)23-8-9-25-10-12-26(13-11-25)17-5-2-15(21)3-6-17/h2-7,14H,8-13H2,1H3,(H2,23,24,27). The quantitative estimate of drug-likeness (QED) is 0.739. The average molecular weight is 423 g/mol. The number of amides is 2. The van der Waals surface area contributed by atoms with Crippen LogP contribution in [0, 0.1) is 0 Å². The molecule has 0 atom stereocenters. The predicted molar refractivity (Wildman–Crippen MR) is 115 cm³/mol. The summed E-state index contributed by atoms with van der Waals surface area (Å²) in [4.78, 5) is 16.8. The number of halogens is 2. The van der Waals surface area contributed by atoms with Gasteiger partial charge in [-0.1, -0.05) is 23.2 Å². The maximum Gasteiger partial charge on any atom is 0.319 e. The van der Waals surface area contributed by atoms with Crippen molar-refractivity contribution in [1.29, 1.82) is 0 Å². The highest BCUT2D eigenvalue weighted by Gasteiger charge is 2.17. The molecule has 0 spiro atoms. The molecule has 1 aliphatic rings. The lowest BCUT2D eigenvalue weighted by Crippen LogP contribution is -2.48. The molecule has 3 rings (SSSR count). The van der Waals surface area contributed by atoms with Crippen LogP contribution in [0.3, 0.4) is 0 Å². The molecule has 150 valence electrons. The fourth-order valence-corrected chi connectivity index (χ4v) is 3.45. The maximum absolute atomic E-state index is 12.1. The molecule has 1 heterocycles. The Labute approximate surface area is 175 Å².